The van der Waals surface area contributed by atoms with Gasteiger partial charge in [0.1, 0.15) is 5.75 Å². The van der Waals surface area contributed by atoms with Crippen LogP contribution in [0.15, 0.2) is 41.6 Å². The molecular formula is C16H23N4O3S2+. The molecule has 1 N–H and O–H groups in total. The van der Waals surface area contributed by atoms with Crippen LogP contribution in [0, 0.1) is 4.77 Å². The molecule has 136 valence electrons. The van der Waals surface area contributed by atoms with Crippen molar-refractivity contribution in [3.05, 3.63) is 41.4 Å². The fraction of sp³-hybridized carbons (Fsp3) is 0.438. The summed E-state index contributed by atoms with van der Waals surface area (Å²) in [6.07, 6.45) is 3.90. The molecule has 2 aromatic rings. The number of hydrogen-bond donors (Lipinski definition) is 1. The number of nitrogens with zero attached hydrogens (tertiary/aromatic N) is 3. The first kappa shape index (κ1) is 18.1. The lowest BCUT2D eigenvalue weighted by molar-refractivity contribution is -0.926. The lowest BCUT2D eigenvalue weighted by Gasteiger charge is -2.31. The van der Waals surface area contributed by atoms with Crippen molar-refractivity contribution in [2.24, 2.45) is 7.05 Å². The fourth-order valence-electron chi connectivity index (χ4n) is 2.97. The second-order valence-electron chi connectivity index (χ2n) is 6.15. The lowest BCUT2D eigenvalue weighted by Crippen LogP contribution is -3.14. The third-order valence-corrected chi connectivity index (χ3v) is 6.97. The molecule has 7 nitrogen and oxygen atoms in total. The summed E-state index contributed by atoms with van der Waals surface area (Å²) >= 11 is 5.36. The summed E-state index contributed by atoms with van der Waals surface area (Å²) in [4.78, 5) is 1.63. The summed E-state index contributed by atoms with van der Waals surface area (Å²) in [5.41, 5.74) is 0. The van der Waals surface area contributed by atoms with Crippen LogP contribution in [0.5, 0.6) is 5.75 Å². The molecule has 0 amide bonds. The van der Waals surface area contributed by atoms with Crippen molar-refractivity contribution in [2.45, 2.75) is 11.6 Å². The molecule has 0 radical (unpaired) electrons. The number of imidazole rings is 1. The van der Waals surface area contributed by atoms with Gasteiger partial charge in [0, 0.05) is 19.4 Å². The van der Waals surface area contributed by atoms with Gasteiger partial charge in [0.25, 0.3) is 0 Å². The van der Waals surface area contributed by atoms with E-state index in [0.29, 0.717) is 23.7 Å². The molecule has 0 saturated carbocycles. The summed E-state index contributed by atoms with van der Waals surface area (Å²) in [6.45, 7) is 3.28. The van der Waals surface area contributed by atoms with E-state index >= 15 is 0 Å². The zero-order valence-electron chi connectivity index (χ0n) is 14.4. The van der Waals surface area contributed by atoms with Gasteiger partial charge in [-0.15, -0.1) is 0 Å². The molecule has 0 spiro atoms. The molecule has 1 saturated heterocycles. The van der Waals surface area contributed by atoms with Gasteiger partial charge in [-0.05, 0) is 36.5 Å². The van der Waals surface area contributed by atoms with Crippen molar-refractivity contribution in [2.75, 3.05) is 33.3 Å². The van der Waals surface area contributed by atoms with Crippen LogP contribution in [0.25, 0.3) is 0 Å². The molecule has 0 atom stereocenters. The molecule has 9 heteroatoms. The quantitative estimate of drug-likeness (QED) is 0.745. The van der Waals surface area contributed by atoms with E-state index < -0.39 is 10.0 Å². The first-order valence-electron chi connectivity index (χ1n) is 8.11. The normalized spacial score (nSPS) is 16.9. The van der Waals surface area contributed by atoms with E-state index in [9.17, 15) is 8.42 Å². The first-order valence-corrected chi connectivity index (χ1v) is 9.96. The number of nitrogens with one attached hydrogen (secondary N) is 1. The van der Waals surface area contributed by atoms with Crippen LogP contribution in [0.3, 0.4) is 0 Å². The molecule has 1 aromatic carbocycles. The van der Waals surface area contributed by atoms with Crippen LogP contribution in [0.4, 0.5) is 0 Å². The summed E-state index contributed by atoms with van der Waals surface area (Å²) in [5, 5.41) is 0. The van der Waals surface area contributed by atoms with E-state index in [0.717, 1.165) is 24.5 Å². The number of piperazine rings is 1. The number of sulfonamides is 1. The largest absolute Gasteiger partial charge is 0.497 e. The number of quaternary nitrogens is 1. The molecule has 0 aliphatic carbocycles. The summed E-state index contributed by atoms with van der Waals surface area (Å²) in [7, 11) is 0.0298. The standard InChI is InChI=1S/C16H22N4O3S2/c1-17-7-10-19(16(17)24)13-18-8-11-20(12-9-18)25(21,22)15-5-3-14(23-2)4-6-15/h3-7,10H,8-9,11-13H2,1-2H3/p+1. The Morgan fingerprint density at radius 3 is 2.32 bits per heavy atom. The highest BCUT2D eigenvalue weighted by Gasteiger charge is 2.30. The molecule has 1 aliphatic heterocycles. The van der Waals surface area contributed by atoms with E-state index in [4.69, 9.17) is 17.0 Å². The third-order valence-electron chi connectivity index (χ3n) is 4.54. The highest BCUT2D eigenvalue weighted by atomic mass is 32.2. The third kappa shape index (κ3) is 3.79. The number of aromatic nitrogens is 2. The van der Waals surface area contributed by atoms with E-state index in [-0.39, 0.29) is 0 Å². The Balaban J connectivity index is 1.64. The minimum absolute atomic E-state index is 0.307. The molecule has 25 heavy (non-hydrogen) atoms. The van der Waals surface area contributed by atoms with Crippen LogP contribution in [0.2, 0.25) is 0 Å². The topological polar surface area (TPSA) is 60.9 Å². The van der Waals surface area contributed by atoms with Gasteiger partial charge in [0.15, 0.2) is 11.4 Å². The number of hydrogen-bond acceptors (Lipinski definition) is 4. The van der Waals surface area contributed by atoms with Crippen molar-refractivity contribution in [1.82, 2.24) is 13.4 Å². The molecule has 1 fully saturated rings. The number of rotatable bonds is 5. The number of ether oxygens (including phenoxy) is 1. The van der Waals surface area contributed by atoms with E-state index in [1.54, 1.807) is 35.7 Å². The van der Waals surface area contributed by atoms with Gasteiger partial charge in [-0.2, -0.15) is 4.31 Å². The summed E-state index contributed by atoms with van der Waals surface area (Å²) in [5.74, 6) is 0.646. The van der Waals surface area contributed by atoms with Crippen molar-refractivity contribution in [1.29, 1.82) is 0 Å². The first-order chi connectivity index (χ1) is 11.9. The number of aryl methyl sites for hydroxylation is 1. The van der Waals surface area contributed by atoms with Crippen LogP contribution in [-0.2, 0) is 23.7 Å². The Morgan fingerprint density at radius 1 is 1.16 bits per heavy atom. The molecule has 0 unspecified atom stereocenters. The second kappa shape index (κ2) is 7.28. The Kier molecular flexibility index (Phi) is 5.28. The Morgan fingerprint density at radius 2 is 1.80 bits per heavy atom. The monoisotopic (exact) mass is 383 g/mol. The predicted molar refractivity (Wildman–Crippen MR) is 96.7 cm³/mol. The van der Waals surface area contributed by atoms with Crippen molar-refractivity contribution < 1.29 is 18.1 Å². The number of benzene rings is 1. The lowest BCUT2D eigenvalue weighted by atomic mass is 10.3. The highest BCUT2D eigenvalue weighted by Crippen LogP contribution is 2.19. The van der Waals surface area contributed by atoms with Gasteiger partial charge in [-0.1, -0.05) is 0 Å². The fourth-order valence-corrected chi connectivity index (χ4v) is 4.60. The Labute approximate surface area is 153 Å². The maximum Gasteiger partial charge on any atom is 0.243 e. The van der Waals surface area contributed by atoms with Crippen LogP contribution in [0.1, 0.15) is 0 Å². The zero-order chi connectivity index (χ0) is 18.0. The van der Waals surface area contributed by atoms with E-state index in [1.165, 1.54) is 4.90 Å². The van der Waals surface area contributed by atoms with Gasteiger partial charge in [0.2, 0.25) is 10.0 Å². The minimum atomic E-state index is -3.45. The van der Waals surface area contributed by atoms with Crippen LogP contribution < -0.4 is 9.64 Å². The SMILES string of the molecule is COc1ccc(S(=O)(=O)N2CC[NH+](Cn3ccn(C)c3=S)CC2)cc1. The average Bonchev–Trinajstić information content (AvgIpc) is 2.94. The Bertz CT molecular complexity index is 879. The number of methoxy groups -OCH3 is 1. The highest BCUT2D eigenvalue weighted by molar-refractivity contribution is 7.89. The van der Waals surface area contributed by atoms with Gasteiger partial charge in [-0.3, -0.25) is 4.57 Å². The molecule has 1 aliphatic rings. The average molecular weight is 384 g/mol. The maximum absolute atomic E-state index is 12.8. The minimum Gasteiger partial charge on any atom is -0.497 e. The van der Waals surface area contributed by atoms with Gasteiger partial charge in [-0.25, -0.2) is 8.42 Å². The van der Waals surface area contributed by atoms with Crippen molar-refractivity contribution >= 4 is 22.2 Å². The smallest absolute Gasteiger partial charge is 0.243 e. The van der Waals surface area contributed by atoms with Crippen LogP contribution >= 0.6 is 12.2 Å². The second-order valence-corrected chi connectivity index (χ2v) is 8.45. The van der Waals surface area contributed by atoms with Crippen molar-refractivity contribution in [3.8, 4) is 5.75 Å². The van der Waals surface area contributed by atoms with Gasteiger partial charge in [0.05, 0.1) is 38.2 Å². The van der Waals surface area contributed by atoms with Crippen LogP contribution in [-0.4, -0.2) is 55.1 Å². The molecule has 3 rings (SSSR count). The van der Waals surface area contributed by atoms with Gasteiger partial charge >= 0.3 is 0 Å². The molecular weight excluding hydrogens is 360 g/mol. The predicted octanol–water partition coefficient (Wildman–Crippen LogP) is 0.112. The molecule has 1 aromatic heterocycles. The van der Waals surface area contributed by atoms with E-state index in [2.05, 4.69) is 0 Å². The summed E-state index contributed by atoms with van der Waals surface area (Å²) in [6, 6.07) is 6.53. The zero-order valence-corrected chi connectivity index (χ0v) is 16.0. The van der Waals surface area contributed by atoms with Gasteiger partial charge < -0.3 is 14.2 Å². The van der Waals surface area contributed by atoms with Crippen molar-refractivity contribution in [3.63, 3.8) is 0 Å². The summed E-state index contributed by atoms with van der Waals surface area (Å²) < 4.78 is 36.9. The molecule has 0 bridgehead atoms. The van der Waals surface area contributed by atoms with E-state index in [1.807, 2.05) is 28.6 Å². The Hall–Kier alpha value is -1.68. The molecule has 2 heterocycles. The maximum atomic E-state index is 12.8.